The Morgan fingerprint density at radius 2 is 1.75 bits per heavy atom. The molecule has 0 N–H and O–H groups in total. The fourth-order valence-electron chi connectivity index (χ4n) is 2.39. The van der Waals surface area contributed by atoms with Gasteiger partial charge in [-0.1, -0.05) is 23.7 Å². The molecule has 0 atom stereocenters. The summed E-state index contributed by atoms with van der Waals surface area (Å²) in [4.78, 5) is 12.3. The Bertz CT molecular complexity index is 808. The van der Waals surface area contributed by atoms with E-state index in [1.165, 1.54) is 10.9 Å². The Kier molecular flexibility index (Phi) is 5.61. The van der Waals surface area contributed by atoms with E-state index in [2.05, 4.69) is 11.2 Å². The minimum absolute atomic E-state index is 0.0479. The van der Waals surface area contributed by atoms with E-state index >= 15 is 0 Å². The smallest absolute Gasteiger partial charge is 0.289 e. The molecule has 0 bridgehead atoms. The molecule has 0 radical (unpaired) electrons. The summed E-state index contributed by atoms with van der Waals surface area (Å²) in [7, 11) is 0. The molecule has 0 aliphatic heterocycles. The summed E-state index contributed by atoms with van der Waals surface area (Å²) in [5.41, 5.74) is 3.53. The van der Waals surface area contributed by atoms with Gasteiger partial charge in [-0.15, -0.1) is 11.6 Å². The van der Waals surface area contributed by atoms with Crippen LogP contribution in [-0.2, 0) is 18.0 Å². The maximum absolute atomic E-state index is 12.3. The quantitative estimate of drug-likeness (QED) is 0.741. The summed E-state index contributed by atoms with van der Waals surface area (Å²) in [6, 6.07) is 4.10. The molecule has 1 aromatic heterocycles. The van der Waals surface area contributed by atoms with Gasteiger partial charge in [0.2, 0.25) is 0 Å². The van der Waals surface area contributed by atoms with Crippen LogP contribution in [0.3, 0.4) is 0 Å². The van der Waals surface area contributed by atoms with Crippen molar-refractivity contribution in [1.29, 1.82) is 0 Å². The second-order valence-electron chi connectivity index (χ2n) is 6.84. The summed E-state index contributed by atoms with van der Waals surface area (Å²) in [5.74, 6) is 0.773. The Balaban J connectivity index is 2.26. The molecule has 0 amide bonds. The minimum Gasteiger partial charge on any atom is -0.485 e. The maximum atomic E-state index is 12.3. The van der Waals surface area contributed by atoms with Crippen molar-refractivity contribution in [2.45, 2.75) is 52.6 Å². The highest BCUT2D eigenvalue weighted by Crippen LogP contribution is 2.24. The van der Waals surface area contributed by atoms with E-state index in [0.29, 0.717) is 18.2 Å². The zero-order valence-electron chi connectivity index (χ0n) is 14.6. The molecule has 2 aromatic rings. The van der Waals surface area contributed by atoms with Crippen molar-refractivity contribution in [3.63, 3.8) is 0 Å². The number of hydrogen-bond acceptors (Lipinski definition) is 3. The molecular weight excluding hydrogens is 347 g/mol. The highest BCUT2D eigenvalue weighted by atomic mass is 35.5. The van der Waals surface area contributed by atoms with Crippen LogP contribution in [0.1, 0.15) is 43.0 Å². The SMILES string of the molecule is Cc1cc(COc2cnn(C(C)(C)C)c(=O)c2Cl)c(C)cc1CCl. The molecule has 1 heterocycles. The molecule has 130 valence electrons. The van der Waals surface area contributed by atoms with E-state index in [-0.39, 0.29) is 10.6 Å². The molecule has 0 saturated carbocycles. The minimum atomic E-state index is -0.440. The topological polar surface area (TPSA) is 44.1 Å². The van der Waals surface area contributed by atoms with Crippen LogP contribution in [0, 0.1) is 13.8 Å². The zero-order chi connectivity index (χ0) is 18.1. The lowest BCUT2D eigenvalue weighted by molar-refractivity contribution is 0.291. The molecule has 6 heteroatoms. The van der Waals surface area contributed by atoms with Crippen molar-refractivity contribution in [1.82, 2.24) is 9.78 Å². The van der Waals surface area contributed by atoms with Gasteiger partial charge in [0, 0.05) is 5.88 Å². The van der Waals surface area contributed by atoms with E-state index in [9.17, 15) is 4.79 Å². The highest BCUT2D eigenvalue weighted by molar-refractivity contribution is 6.31. The third kappa shape index (κ3) is 3.93. The number of aryl methyl sites for hydroxylation is 2. The van der Waals surface area contributed by atoms with E-state index in [4.69, 9.17) is 27.9 Å². The van der Waals surface area contributed by atoms with E-state index in [1.807, 2.05) is 40.7 Å². The van der Waals surface area contributed by atoms with Crippen LogP contribution in [0.2, 0.25) is 5.02 Å². The van der Waals surface area contributed by atoms with Gasteiger partial charge in [0.25, 0.3) is 5.56 Å². The van der Waals surface area contributed by atoms with Gasteiger partial charge >= 0.3 is 0 Å². The zero-order valence-corrected chi connectivity index (χ0v) is 16.1. The predicted molar refractivity (Wildman–Crippen MR) is 98.3 cm³/mol. The van der Waals surface area contributed by atoms with Gasteiger partial charge in [-0.2, -0.15) is 5.10 Å². The van der Waals surface area contributed by atoms with Gasteiger partial charge in [-0.3, -0.25) is 4.79 Å². The van der Waals surface area contributed by atoms with Crippen molar-refractivity contribution in [3.8, 4) is 5.75 Å². The number of nitrogens with zero attached hydrogens (tertiary/aromatic N) is 2. The Morgan fingerprint density at radius 3 is 2.33 bits per heavy atom. The van der Waals surface area contributed by atoms with Gasteiger partial charge in [0.15, 0.2) is 10.8 Å². The number of hydrogen-bond donors (Lipinski definition) is 0. The second-order valence-corrected chi connectivity index (χ2v) is 7.48. The predicted octanol–water partition coefficient (Wildman–Crippen LogP) is 4.59. The number of alkyl halides is 1. The first-order chi connectivity index (χ1) is 11.1. The standard InChI is InChI=1S/C18H22Cl2N2O2/c1-11-7-14(12(2)6-13(11)8-19)10-24-15-9-21-22(18(3,4)5)17(23)16(15)20/h6-7,9H,8,10H2,1-5H3. The van der Waals surface area contributed by atoms with Crippen LogP contribution in [0.5, 0.6) is 5.75 Å². The number of halogens is 2. The van der Waals surface area contributed by atoms with Crippen molar-refractivity contribution in [2.75, 3.05) is 0 Å². The first-order valence-electron chi connectivity index (χ1n) is 7.71. The Hall–Kier alpha value is -1.52. The summed E-state index contributed by atoms with van der Waals surface area (Å²) < 4.78 is 7.09. The molecule has 0 unspecified atom stereocenters. The van der Waals surface area contributed by atoms with Crippen LogP contribution in [0.25, 0.3) is 0 Å². The average molecular weight is 369 g/mol. The number of rotatable bonds is 4. The van der Waals surface area contributed by atoms with Crippen LogP contribution in [0.15, 0.2) is 23.1 Å². The molecule has 2 rings (SSSR count). The molecule has 0 aliphatic rings. The van der Waals surface area contributed by atoms with Gasteiger partial charge in [-0.05, 0) is 56.9 Å². The van der Waals surface area contributed by atoms with Gasteiger partial charge in [-0.25, -0.2) is 4.68 Å². The third-order valence-corrected chi connectivity index (χ3v) is 4.48. The van der Waals surface area contributed by atoms with Crippen LogP contribution in [0.4, 0.5) is 0 Å². The first-order valence-corrected chi connectivity index (χ1v) is 8.62. The van der Waals surface area contributed by atoms with Gasteiger partial charge < -0.3 is 4.74 Å². The lowest BCUT2D eigenvalue weighted by Gasteiger charge is -2.21. The lowest BCUT2D eigenvalue weighted by atomic mass is 10.0. The molecule has 24 heavy (non-hydrogen) atoms. The molecule has 4 nitrogen and oxygen atoms in total. The maximum Gasteiger partial charge on any atom is 0.289 e. The van der Waals surface area contributed by atoms with E-state index in [0.717, 1.165) is 22.3 Å². The van der Waals surface area contributed by atoms with Crippen molar-refractivity contribution in [2.24, 2.45) is 0 Å². The second kappa shape index (κ2) is 7.16. The van der Waals surface area contributed by atoms with Crippen LogP contribution < -0.4 is 10.3 Å². The fourth-order valence-corrected chi connectivity index (χ4v) is 2.86. The fraction of sp³-hybridized carbons (Fsp3) is 0.444. The Labute approximate surface area is 152 Å². The summed E-state index contributed by atoms with van der Waals surface area (Å²) in [5, 5.41) is 4.22. The van der Waals surface area contributed by atoms with E-state index in [1.54, 1.807) is 0 Å². The Morgan fingerprint density at radius 1 is 1.17 bits per heavy atom. The molecule has 0 aliphatic carbocycles. The highest BCUT2D eigenvalue weighted by Gasteiger charge is 2.20. The largest absolute Gasteiger partial charge is 0.485 e. The summed E-state index contributed by atoms with van der Waals surface area (Å²) in [6.07, 6.45) is 1.49. The van der Waals surface area contributed by atoms with Crippen molar-refractivity contribution >= 4 is 23.2 Å². The van der Waals surface area contributed by atoms with Crippen LogP contribution in [-0.4, -0.2) is 9.78 Å². The molecule has 0 saturated heterocycles. The molecular formula is C18H22Cl2N2O2. The number of benzene rings is 1. The van der Waals surface area contributed by atoms with Crippen molar-refractivity contribution in [3.05, 3.63) is 56.0 Å². The average Bonchev–Trinajstić information content (AvgIpc) is 2.50. The van der Waals surface area contributed by atoms with Gasteiger partial charge in [0.05, 0.1) is 11.7 Å². The molecule has 0 fully saturated rings. The normalized spacial score (nSPS) is 11.6. The summed E-state index contributed by atoms with van der Waals surface area (Å²) >= 11 is 12.1. The number of ether oxygens (including phenoxy) is 1. The molecule has 1 aromatic carbocycles. The van der Waals surface area contributed by atoms with Crippen LogP contribution >= 0.6 is 23.2 Å². The molecule has 0 spiro atoms. The van der Waals surface area contributed by atoms with Gasteiger partial charge in [0.1, 0.15) is 6.61 Å². The third-order valence-electron chi connectivity index (χ3n) is 3.84. The van der Waals surface area contributed by atoms with E-state index < -0.39 is 5.54 Å². The summed E-state index contributed by atoms with van der Waals surface area (Å²) in [6.45, 7) is 10.0. The van der Waals surface area contributed by atoms with Crippen molar-refractivity contribution < 1.29 is 4.74 Å². The lowest BCUT2D eigenvalue weighted by Crippen LogP contribution is -2.36. The first kappa shape index (κ1) is 18.8. The monoisotopic (exact) mass is 368 g/mol. The number of aromatic nitrogens is 2.